The highest BCUT2D eigenvalue weighted by atomic mass is 15.3. The van der Waals surface area contributed by atoms with E-state index in [9.17, 15) is 0 Å². The topological polar surface area (TPSA) is 55.9 Å². The first-order valence-corrected chi connectivity index (χ1v) is 6.62. The van der Waals surface area contributed by atoms with E-state index in [1.165, 1.54) is 22.4 Å². The summed E-state index contributed by atoms with van der Waals surface area (Å²) < 4.78 is 1.91. The first kappa shape index (κ1) is 13.8. The number of nitrogens with one attached hydrogen (secondary N) is 1. The predicted molar refractivity (Wildman–Crippen MR) is 77.5 cm³/mol. The third-order valence-corrected chi connectivity index (χ3v) is 3.70. The number of hydrogen-bond donors (Lipinski definition) is 2. The van der Waals surface area contributed by atoms with Gasteiger partial charge in [0.2, 0.25) is 0 Å². The third kappa shape index (κ3) is 3.03. The predicted octanol–water partition coefficient (Wildman–Crippen LogP) is 2.17. The van der Waals surface area contributed by atoms with Crippen LogP contribution in [0.3, 0.4) is 0 Å². The molecule has 0 bridgehead atoms. The molecule has 0 aliphatic heterocycles. The van der Waals surface area contributed by atoms with Crippen molar-refractivity contribution >= 4 is 0 Å². The highest BCUT2D eigenvalue weighted by Gasteiger charge is 2.15. The number of aromatic nitrogens is 2. The van der Waals surface area contributed by atoms with E-state index in [4.69, 9.17) is 5.84 Å². The number of nitrogens with zero attached hydrogens (tertiary/aromatic N) is 2. The molecule has 4 nitrogen and oxygen atoms in total. The molecule has 0 spiro atoms. The number of benzene rings is 1. The quantitative estimate of drug-likeness (QED) is 0.638. The van der Waals surface area contributed by atoms with Gasteiger partial charge in [-0.2, -0.15) is 5.10 Å². The van der Waals surface area contributed by atoms with Crippen LogP contribution < -0.4 is 11.3 Å². The second-order valence-corrected chi connectivity index (χ2v) is 5.01. The Morgan fingerprint density at radius 3 is 2.47 bits per heavy atom. The number of hydrazine groups is 1. The van der Waals surface area contributed by atoms with Crippen LogP contribution in [0.15, 0.2) is 30.5 Å². The molecule has 0 saturated carbocycles. The Kier molecular flexibility index (Phi) is 4.35. The minimum absolute atomic E-state index is 0.177. The van der Waals surface area contributed by atoms with Crippen LogP contribution in [0, 0.1) is 13.8 Å². The molecule has 1 heterocycles. The monoisotopic (exact) mass is 258 g/mol. The van der Waals surface area contributed by atoms with Crippen molar-refractivity contribution in [1.29, 1.82) is 0 Å². The zero-order valence-electron chi connectivity index (χ0n) is 11.9. The van der Waals surface area contributed by atoms with Crippen LogP contribution in [-0.4, -0.2) is 9.78 Å². The molecule has 1 aromatic carbocycles. The van der Waals surface area contributed by atoms with E-state index in [0.29, 0.717) is 0 Å². The zero-order chi connectivity index (χ0) is 13.8. The second kappa shape index (κ2) is 5.99. The van der Waals surface area contributed by atoms with Gasteiger partial charge in [0.1, 0.15) is 0 Å². The van der Waals surface area contributed by atoms with Crippen LogP contribution in [0.5, 0.6) is 0 Å². The summed E-state index contributed by atoms with van der Waals surface area (Å²) in [5.41, 5.74) is 8.06. The van der Waals surface area contributed by atoms with E-state index in [-0.39, 0.29) is 6.04 Å². The molecule has 1 atom stereocenters. The lowest BCUT2D eigenvalue weighted by Crippen LogP contribution is -2.29. The van der Waals surface area contributed by atoms with Gasteiger partial charge < -0.3 is 0 Å². The maximum absolute atomic E-state index is 5.75. The highest BCUT2D eigenvalue weighted by Crippen LogP contribution is 2.25. The Hall–Kier alpha value is -1.65. The summed E-state index contributed by atoms with van der Waals surface area (Å²) in [4.78, 5) is 0. The molecule has 0 saturated heterocycles. The standard InChI is InChI=1S/C15H22N4/c1-11-5-4-6-12(2)15(11)14(18-16)8-7-13-9-10-17-19(13)3/h4-6,9-10,14,18H,7-8,16H2,1-3H3. The molecule has 4 heteroatoms. The second-order valence-electron chi connectivity index (χ2n) is 5.01. The number of aryl methyl sites for hydroxylation is 4. The first-order chi connectivity index (χ1) is 9.13. The first-order valence-electron chi connectivity index (χ1n) is 6.62. The molecule has 0 radical (unpaired) electrons. The van der Waals surface area contributed by atoms with Crippen LogP contribution in [-0.2, 0) is 13.5 Å². The van der Waals surface area contributed by atoms with Crippen LogP contribution in [0.25, 0.3) is 0 Å². The van der Waals surface area contributed by atoms with Gasteiger partial charge in [0, 0.05) is 25.0 Å². The lowest BCUT2D eigenvalue weighted by Gasteiger charge is -2.20. The minimum Gasteiger partial charge on any atom is -0.273 e. The van der Waals surface area contributed by atoms with Gasteiger partial charge in [-0.1, -0.05) is 18.2 Å². The molecule has 0 fully saturated rings. The van der Waals surface area contributed by atoms with E-state index in [1.807, 2.05) is 17.9 Å². The summed E-state index contributed by atoms with van der Waals surface area (Å²) in [6, 6.07) is 8.59. The van der Waals surface area contributed by atoms with E-state index in [0.717, 1.165) is 12.8 Å². The molecule has 0 amide bonds. The molecule has 19 heavy (non-hydrogen) atoms. The van der Waals surface area contributed by atoms with Crippen LogP contribution in [0.1, 0.15) is 34.8 Å². The molecular formula is C15H22N4. The Labute approximate surface area is 114 Å². The van der Waals surface area contributed by atoms with E-state index in [1.54, 1.807) is 0 Å². The van der Waals surface area contributed by atoms with Crippen molar-refractivity contribution in [3.05, 3.63) is 52.8 Å². The molecule has 1 aromatic heterocycles. The Balaban J connectivity index is 2.15. The molecule has 2 rings (SSSR count). The van der Waals surface area contributed by atoms with Gasteiger partial charge in [0.05, 0.1) is 0 Å². The molecule has 0 aliphatic rings. The van der Waals surface area contributed by atoms with Gasteiger partial charge in [-0.15, -0.1) is 0 Å². The molecule has 102 valence electrons. The summed E-state index contributed by atoms with van der Waals surface area (Å²) in [6.07, 6.45) is 3.75. The van der Waals surface area contributed by atoms with Gasteiger partial charge in [-0.05, 0) is 49.4 Å². The SMILES string of the molecule is Cc1cccc(C)c1C(CCc1ccnn1C)NN. The van der Waals surface area contributed by atoms with E-state index in [2.05, 4.69) is 48.6 Å². The van der Waals surface area contributed by atoms with E-state index >= 15 is 0 Å². The lowest BCUT2D eigenvalue weighted by molar-refractivity contribution is 0.503. The smallest absolute Gasteiger partial charge is 0.0492 e. The van der Waals surface area contributed by atoms with Gasteiger partial charge in [0.25, 0.3) is 0 Å². The fourth-order valence-electron chi connectivity index (χ4n) is 2.63. The summed E-state index contributed by atoms with van der Waals surface area (Å²) in [6.45, 7) is 4.27. The summed E-state index contributed by atoms with van der Waals surface area (Å²) >= 11 is 0. The summed E-state index contributed by atoms with van der Waals surface area (Å²) in [5, 5.41) is 4.19. The Morgan fingerprint density at radius 2 is 1.95 bits per heavy atom. The van der Waals surface area contributed by atoms with Gasteiger partial charge >= 0.3 is 0 Å². The summed E-state index contributed by atoms with van der Waals surface area (Å²) in [7, 11) is 1.97. The third-order valence-electron chi connectivity index (χ3n) is 3.70. The van der Waals surface area contributed by atoms with Crippen LogP contribution >= 0.6 is 0 Å². The molecular weight excluding hydrogens is 236 g/mol. The van der Waals surface area contributed by atoms with Gasteiger partial charge in [0.15, 0.2) is 0 Å². The highest BCUT2D eigenvalue weighted by molar-refractivity contribution is 5.36. The summed E-state index contributed by atoms with van der Waals surface area (Å²) in [5.74, 6) is 5.75. The van der Waals surface area contributed by atoms with Crippen molar-refractivity contribution in [1.82, 2.24) is 15.2 Å². The van der Waals surface area contributed by atoms with Crippen molar-refractivity contribution in [2.45, 2.75) is 32.7 Å². The molecule has 3 N–H and O–H groups in total. The number of nitrogens with two attached hydrogens (primary N) is 1. The van der Waals surface area contributed by atoms with Crippen molar-refractivity contribution in [2.24, 2.45) is 12.9 Å². The minimum atomic E-state index is 0.177. The van der Waals surface area contributed by atoms with Gasteiger partial charge in [-0.25, -0.2) is 0 Å². The fourth-order valence-corrected chi connectivity index (χ4v) is 2.63. The van der Waals surface area contributed by atoms with Crippen molar-refractivity contribution in [3.8, 4) is 0 Å². The Bertz CT molecular complexity index is 525. The van der Waals surface area contributed by atoms with Crippen molar-refractivity contribution in [2.75, 3.05) is 0 Å². The number of hydrogen-bond acceptors (Lipinski definition) is 3. The Morgan fingerprint density at radius 1 is 1.26 bits per heavy atom. The maximum atomic E-state index is 5.75. The number of rotatable bonds is 5. The largest absolute Gasteiger partial charge is 0.273 e. The molecule has 1 unspecified atom stereocenters. The fraction of sp³-hybridized carbons (Fsp3) is 0.400. The van der Waals surface area contributed by atoms with E-state index < -0.39 is 0 Å². The normalized spacial score (nSPS) is 12.6. The zero-order valence-corrected chi connectivity index (χ0v) is 11.9. The van der Waals surface area contributed by atoms with Gasteiger partial charge in [-0.3, -0.25) is 16.0 Å². The molecule has 0 aliphatic carbocycles. The maximum Gasteiger partial charge on any atom is 0.0492 e. The average molecular weight is 258 g/mol. The van der Waals surface area contributed by atoms with Crippen LogP contribution in [0.4, 0.5) is 0 Å². The van der Waals surface area contributed by atoms with Crippen LogP contribution in [0.2, 0.25) is 0 Å². The lowest BCUT2D eigenvalue weighted by atomic mass is 9.93. The van der Waals surface area contributed by atoms with Crippen molar-refractivity contribution in [3.63, 3.8) is 0 Å². The van der Waals surface area contributed by atoms with Crippen molar-refractivity contribution < 1.29 is 0 Å². The average Bonchev–Trinajstić information content (AvgIpc) is 2.78. The molecule has 2 aromatic rings.